The number of benzene rings is 2. The maximum Gasteiger partial charge on any atom is 0.421 e. The summed E-state index contributed by atoms with van der Waals surface area (Å²) in [6, 6.07) is 7.47. The largest absolute Gasteiger partial charge is 0.468 e. The van der Waals surface area contributed by atoms with Gasteiger partial charge in [0.05, 0.1) is 12.5 Å². The fourth-order valence-electron chi connectivity index (χ4n) is 5.26. The molecule has 10 heteroatoms. The Bertz CT molecular complexity index is 1170. The number of methoxy groups -OCH3 is 1. The molecule has 5 nitrogen and oxygen atoms in total. The minimum atomic E-state index is -4.88. The van der Waals surface area contributed by atoms with Crippen LogP contribution in [0.3, 0.4) is 0 Å². The Morgan fingerprint density at radius 2 is 1.54 bits per heavy atom. The van der Waals surface area contributed by atoms with Crippen molar-refractivity contribution in [2.75, 3.05) is 7.11 Å². The average molecular weight is 526 g/mol. The Hall–Kier alpha value is -3.01. The van der Waals surface area contributed by atoms with Crippen molar-refractivity contribution in [1.82, 2.24) is 4.90 Å². The third-order valence-electron chi connectivity index (χ3n) is 7.65. The molecular formula is C27H28F5NO4. The van der Waals surface area contributed by atoms with Crippen LogP contribution in [0.1, 0.15) is 66.9 Å². The second-order valence-electron chi connectivity index (χ2n) is 10.0. The molecule has 2 aromatic carbocycles. The van der Waals surface area contributed by atoms with Gasteiger partial charge in [0.1, 0.15) is 11.6 Å². The Kier molecular flexibility index (Phi) is 7.09. The van der Waals surface area contributed by atoms with E-state index in [1.165, 1.54) is 25.3 Å². The number of alkyl halides is 3. The summed E-state index contributed by atoms with van der Waals surface area (Å²) >= 11 is 0. The smallest absolute Gasteiger partial charge is 0.421 e. The summed E-state index contributed by atoms with van der Waals surface area (Å²) in [6.45, 7) is 0.653. The summed E-state index contributed by atoms with van der Waals surface area (Å²) in [6.07, 6.45) is -2.26. The molecule has 0 aromatic heterocycles. The number of amides is 1. The van der Waals surface area contributed by atoms with Crippen molar-refractivity contribution in [2.24, 2.45) is 0 Å². The molecule has 200 valence electrons. The summed E-state index contributed by atoms with van der Waals surface area (Å²) in [4.78, 5) is 28.0. The lowest BCUT2D eigenvalue weighted by molar-refractivity contribution is -0.258. The fraction of sp³-hybridized carbons (Fsp3) is 0.481. The minimum Gasteiger partial charge on any atom is -0.468 e. The highest BCUT2D eigenvalue weighted by atomic mass is 19.4. The van der Waals surface area contributed by atoms with Crippen molar-refractivity contribution in [3.8, 4) is 0 Å². The van der Waals surface area contributed by atoms with Crippen LogP contribution in [0.2, 0.25) is 0 Å². The molecule has 1 N–H and O–H groups in total. The van der Waals surface area contributed by atoms with Gasteiger partial charge in [-0.05, 0) is 69.2 Å². The van der Waals surface area contributed by atoms with E-state index in [2.05, 4.69) is 0 Å². The van der Waals surface area contributed by atoms with Crippen LogP contribution in [-0.2, 0) is 20.5 Å². The third kappa shape index (κ3) is 4.95. The quantitative estimate of drug-likeness (QED) is 0.406. The van der Waals surface area contributed by atoms with Crippen molar-refractivity contribution >= 4 is 11.9 Å². The van der Waals surface area contributed by atoms with Gasteiger partial charge in [0, 0.05) is 29.3 Å². The summed E-state index contributed by atoms with van der Waals surface area (Å²) in [5, 5.41) is 9.90. The van der Waals surface area contributed by atoms with Crippen LogP contribution in [0.5, 0.6) is 0 Å². The predicted octanol–water partition coefficient (Wildman–Crippen LogP) is 5.39. The molecule has 0 radical (unpaired) electrons. The molecule has 1 amide bonds. The highest BCUT2D eigenvalue weighted by Gasteiger charge is 2.51. The molecule has 0 bridgehead atoms. The van der Waals surface area contributed by atoms with Crippen LogP contribution in [0.25, 0.3) is 0 Å². The molecule has 4 rings (SSSR count). The monoisotopic (exact) mass is 525 g/mol. The second kappa shape index (κ2) is 9.70. The molecular weight excluding hydrogens is 497 g/mol. The van der Waals surface area contributed by atoms with Crippen molar-refractivity contribution in [3.05, 3.63) is 70.8 Å². The predicted molar refractivity (Wildman–Crippen MR) is 124 cm³/mol. The topological polar surface area (TPSA) is 66.8 Å². The first-order valence-electron chi connectivity index (χ1n) is 12.1. The molecule has 2 saturated carbocycles. The Morgan fingerprint density at radius 1 is 0.973 bits per heavy atom. The van der Waals surface area contributed by atoms with Crippen molar-refractivity contribution < 1.29 is 41.4 Å². The van der Waals surface area contributed by atoms with E-state index in [1.807, 2.05) is 0 Å². The molecule has 0 heterocycles. The van der Waals surface area contributed by atoms with Crippen molar-refractivity contribution in [3.63, 3.8) is 0 Å². The zero-order valence-corrected chi connectivity index (χ0v) is 20.4. The van der Waals surface area contributed by atoms with E-state index in [-0.39, 0.29) is 47.5 Å². The van der Waals surface area contributed by atoms with Gasteiger partial charge in [-0.3, -0.25) is 9.59 Å². The minimum absolute atomic E-state index is 0.0383. The fourth-order valence-corrected chi connectivity index (χ4v) is 5.26. The van der Waals surface area contributed by atoms with Crippen LogP contribution in [0.4, 0.5) is 22.0 Å². The average Bonchev–Trinajstić information content (AvgIpc) is 3.69. The van der Waals surface area contributed by atoms with E-state index in [0.717, 1.165) is 37.1 Å². The number of esters is 1. The number of halogens is 5. The van der Waals surface area contributed by atoms with E-state index < -0.39 is 34.8 Å². The first-order valence-corrected chi connectivity index (χ1v) is 12.1. The van der Waals surface area contributed by atoms with Gasteiger partial charge >= 0.3 is 12.1 Å². The van der Waals surface area contributed by atoms with Gasteiger partial charge in [0.15, 0.2) is 5.60 Å². The molecule has 0 spiro atoms. The van der Waals surface area contributed by atoms with E-state index in [9.17, 15) is 36.6 Å². The first-order chi connectivity index (χ1) is 17.3. The van der Waals surface area contributed by atoms with Gasteiger partial charge in [-0.2, -0.15) is 13.2 Å². The van der Waals surface area contributed by atoms with E-state index in [0.29, 0.717) is 19.8 Å². The lowest BCUT2D eigenvalue weighted by atomic mass is 9.67. The van der Waals surface area contributed by atoms with Gasteiger partial charge < -0.3 is 14.7 Å². The lowest BCUT2D eigenvalue weighted by Gasteiger charge is -2.42. The molecule has 2 aliphatic carbocycles. The summed E-state index contributed by atoms with van der Waals surface area (Å²) in [5.74, 6) is -2.59. The number of nitrogens with zero attached hydrogens (tertiary/aromatic N) is 1. The maximum absolute atomic E-state index is 14.7. The Balaban J connectivity index is 1.56. The van der Waals surface area contributed by atoms with Gasteiger partial charge in [-0.1, -0.05) is 18.2 Å². The standard InChI is InChI=1S/C27H28F5NO4/c1-25(36,27(30,31)32)17-5-3-16(4-6-17)23(34)33(19-8-9-19)20-11-13-26(14-12-20,24(35)37-2)21-10-7-18(28)15-22(21)29/h3-7,10,15,19-20,36H,8-9,11-14H2,1-2H3/t20-,25-,26+/m0/s1. The Morgan fingerprint density at radius 3 is 2.03 bits per heavy atom. The molecule has 1 atom stereocenters. The number of carbonyl (C=O) groups excluding carboxylic acids is 2. The second-order valence-corrected chi connectivity index (χ2v) is 10.0. The van der Waals surface area contributed by atoms with Crippen molar-refractivity contribution in [2.45, 2.75) is 74.7 Å². The molecule has 0 saturated heterocycles. The van der Waals surface area contributed by atoms with Crippen LogP contribution in [0, 0.1) is 11.6 Å². The lowest BCUT2D eigenvalue weighted by Crippen LogP contribution is -2.49. The number of hydrogen-bond donors (Lipinski definition) is 1. The molecule has 2 aliphatic rings. The highest BCUT2D eigenvalue weighted by molar-refractivity contribution is 5.95. The van der Waals surface area contributed by atoms with E-state index >= 15 is 0 Å². The van der Waals surface area contributed by atoms with Gasteiger partial charge in [-0.15, -0.1) is 0 Å². The molecule has 0 unspecified atom stereocenters. The number of ether oxygens (including phenoxy) is 1. The Labute approximate surface area is 211 Å². The zero-order valence-electron chi connectivity index (χ0n) is 20.4. The SMILES string of the molecule is COC(=O)[C@]1(c2ccc(F)cc2F)CC[C@H](N(C(=O)c2ccc([C@](C)(O)C(F)(F)F)cc2)C2CC2)CC1. The van der Waals surface area contributed by atoms with E-state index in [1.54, 1.807) is 4.90 Å². The first kappa shape index (κ1) is 27.0. The summed E-state index contributed by atoms with van der Waals surface area (Å²) < 4.78 is 72.7. The third-order valence-corrected chi connectivity index (χ3v) is 7.65. The number of rotatable bonds is 6. The van der Waals surface area contributed by atoms with Gasteiger partial charge in [-0.25, -0.2) is 8.78 Å². The van der Waals surface area contributed by atoms with Crippen LogP contribution >= 0.6 is 0 Å². The summed E-state index contributed by atoms with van der Waals surface area (Å²) in [7, 11) is 1.21. The van der Waals surface area contributed by atoms with Crippen LogP contribution in [0.15, 0.2) is 42.5 Å². The van der Waals surface area contributed by atoms with E-state index in [4.69, 9.17) is 4.74 Å². The molecule has 37 heavy (non-hydrogen) atoms. The zero-order chi connectivity index (χ0) is 27.2. The van der Waals surface area contributed by atoms with Crippen LogP contribution in [-0.4, -0.2) is 47.3 Å². The van der Waals surface area contributed by atoms with Crippen LogP contribution < -0.4 is 0 Å². The molecule has 0 aliphatic heterocycles. The van der Waals surface area contributed by atoms with Gasteiger partial charge in [0.25, 0.3) is 5.91 Å². The maximum atomic E-state index is 14.7. The highest BCUT2D eigenvalue weighted by Crippen LogP contribution is 2.45. The molecule has 2 aromatic rings. The number of carbonyl (C=O) groups is 2. The normalized spacial score (nSPS) is 23.7. The summed E-state index contributed by atoms with van der Waals surface area (Å²) in [5.41, 5.74) is -4.51. The van der Waals surface area contributed by atoms with Gasteiger partial charge in [0.2, 0.25) is 0 Å². The molecule has 2 fully saturated rings. The number of aliphatic hydroxyl groups is 1. The van der Waals surface area contributed by atoms with Crippen molar-refractivity contribution in [1.29, 1.82) is 0 Å². The number of hydrogen-bond acceptors (Lipinski definition) is 4.